The molecule has 3 saturated carbocycles. The lowest BCUT2D eigenvalue weighted by atomic mass is 9.74. The van der Waals surface area contributed by atoms with Crippen LogP contribution in [0.4, 0.5) is 0 Å². The highest BCUT2D eigenvalue weighted by Crippen LogP contribution is 2.66. The number of nitrogens with zero attached hydrogens (tertiary/aromatic N) is 1. The molecule has 7 nitrogen and oxygen atoms in total. The molecule has 0 aromatic carbocycles. The molecule has 0 spiro atoms. The molecule has 58 heavy (non-hydrogen) atoms. The number of hydrogen-bond acceptors (Lipinski definition) is 7. The van der Waals surface area contributed by atoms with E-state index in [1.165, 1.54) is 94.6 Å². The van der Waals surface area contributed by atoms with Crippen LogP contribution in [-0.4, -0.2) is 54.5 Å². The van der Waals surface area contributed by atoms with E-state index in [0.717, 1.165) is 37.7 Å². The van der Waals surface area contributed by atoms with E-state index in [2.05, 4.69) is 113 Å². The summed E-state index contributed by atoms with van der Waals surface area (Å²) in [5.74, 6) is 3.59. The molecule has 4 rings (SSSR count). The predicted molar refractivity (Wildman–Crippen MR) is 255 cm³/mol. The molecule has 334 valence electrons. The maximum Gasteiger partial charge on any atom is 0.174 e. The van der Waals surface area contributed by atoms with Crippen LogP contribution in [0.2, 0.25) is 0 Å². The Bertz CT molecular complexity index is 1300. The third-order valence-electron chi connectivity index (χ3n) is 13.1. The van der Waals surface area contributed by atoms with Gasteiger partial charge in [-0.15, -0.1) is 6.58 Å². The average Bonchev–Trinajstić information content (AvgIpc) is 4.08. The molecule has 5 N–H and O–H groups in total. The van der Waals surface area contributed by atoms with Crippen molar-refractivity contribution in [2.75, 3.05) is 19.6 Å². The molecule has 1 saturated heterocycles. The summed E-state index contributed by atoms with van der Waals surface area (Å²) in [5.41, 5.74) is 4.52. The Kier molecular flexibility index (Phi) is 23.9. The van der Waals surface area contributed by atoms with E-state index in [1.54, 1.807) is 6.08 Å². The van der Waals surface area contributed by atoms with Crippen molar-refractivity contribution < 1.29 is 4.79 Å². The molecule has 0 aromatic heterocycles. The molecule has 6 atom stereocenters. The summed E-state index contributed by atoms with van der Waals surface area (Å²) >= 11 is 0. The SMILES string of the molecule is C=C(CCC(NC(=C)NC(C(=C)N1C[C@H]2[C@@H](C1C(=C)NC(C)CCCC)C2(C)C)C1(C)CCCCCC1)C(C)C)NCC1CC1.C=CCNC(=C)C(C)=O.CC.CC. The number of unbranched alkanes of at least 4 members (excludes halogenated alkanes) is 1. The van der Waals surface area contributed by atoms with Gasteiger partial charge in [0.2, 0.25) is 0 Å². The van der Waals surface area contributed by atoms with Crippen molar-refractivity contribution in [2.24, 2.45) is 34.5 Å². The van der Waals surface area contributed by atoms with Gasteiger partial charge in [0, 0.05) is 55.7 Å². The molecule has 3 aliphatic carbocycles. The smallest absolute Gasteiger partial charge is 0.174 e. The van der Waals surface area contributed by atoms with E-state index in [4.69, 9.17) is 6.58 Å². The minimum Gasteiger partial charge on any atom is -0.389 e. The molecule has 4 fully saturated rings. The third kappa shape index (κ3) is 16.5. The van der Waals surface area contributed by atoms with Crippen LogP contribution in [0.5, 0.6) is 0 Å². The second-order valence-corrected chi connectivity index (χ2v) is 18.5. The quantitative estimate of drug-likeness (QED) is 0.0378. The van der Waals surface area contributed by atoms with Crippen molar-refractivity contribution in [3.05, 3.63) is 74.2 Å². The molecule has 4 unspecified atom stereocenters. The maximum absolute atomic E-state index is 10.5. The van der Waals surface area contributed by atoms with Gasteiger partial charge < -0.3 is 31.5 Å². The van der Waals surface area contributed by atoms with E-state index in [9.17, 15) is 4.79 Å². The first kappa shape index (κ1) is 52.9. The predicted octanol–water partition coefficient (Wildman–Crippen LogP) is 11.8. The van der Waals surface area contributed by atoms with Gasteiger partial charge in [0.05, 0.1) is 23.6 Å². The number of ketones is 1. The van der Waals surface area contributed by atoms with Gasteiger partial charge >= 0.3 is 0 Å². The summed E-state index contributed by atoms with van der Waals surface area (Å²) in [6.45, 7) is 54.4. The van der Waals surface area contributed by atoms with Crippen LogP contribution in [0.15, 0.2) is 74.2 Å². The van der Waals surface area contributed by atoms with Gasteiger partial charge in [-0.2, -0.15) is 0 Å². The van der Waals surface area contributed by atoms with Gasteiger partial charge in [0.15, 0.2) is 5.78 Å². The Morgan fingerprint density at radius 1 is 0.862 bits per heavy atom. The molecule has 0 radical (unpaired) electrons. The van der Waals surface area contributed by atoms with E-state index in [0.29, 0.717) is 53.5 Å². The topological polar surface area (TPSA) is 80.5 Å². The van der Waals surface area contributed by atoms with E-state index >= 15 is 0 Å². The number of carbonyl (C=O) groups excluding carboxylic acids is 1. The van der Waals surface area contributed by atoms with Crippen molar-refractivity contribution >= 4 is 5.78 Å². The highest BCUT2D eigenvalue weighted by molar-refractivity contribution is 5.91. The number of hydrogen-bond donors (Lipinski definition) is 5. The van der Waals surface area contributed by atoms with E-state index < -0.39 is 0 Å². The number of likely N-dealkylation sites (tertiary alicyclic amines) is 1. The van der Waals surface area contributed by atoms with Crippen molar-refractivity contribution in [1.29, 1.82) is 0 Å². The van der Waals surface area contributed by atoms with Gasteiger partial charge in [0.25, 0.3) is 0 Å². The van der Waals surface area contributed by atoms with Crippen molar-refractivity contribution in [2.45, 2.75) is 191 Å². The largest absolute Gasteiger partial charge is 0.389 e. The van der Waals surface area contributed by atoms with Gasteiger partial charge in [0.1, 0.15) is 0 Å². The first-order valence-electron chi connectivity index (χ1n) is 23.6. The zero-order valence-electron chi connectivity index (χ0n) is 40.1. The van der Waals surface area contributed by atoms with E-state index in [-0.39, 0.29) is 17.2 Å². The molecular weight excluding hydrogens is 713 g/mol. The Labute approximate surface area is 360 Å². The van der Waals surface area contributed by atoms with Gasteiger partial charge in [-0.1, -0.05) is 147 Å². The third-order valence-corrected chi connectivity index (χ3v) is 13.1. The molecule has 1 heterocycles. The summed E-state index contributed by atoms with van der Waals surface area (Å²) in [5, 5.41) is 18.0. The number of allylic oxidation sites excluding steroid dienone is 2. The molecule has 0 bridgehead atoms. The number of fused-ring (bicyclic) bond motifs is 1. The minimum atomic E-state index is -0.0307. The monoisotopic (exact) mass is 807 g/mol. The fourth-order valence-corrected chi connectivity index (χ4v) is 8.98. The Morgan fingerprint density at radius 3 is 1.98 bits per heavy atom. The van der Waals surface area contributed by atoms with Gasteiger partial charge in [-0.25, -0.2) is 0 Å². The highest BCUT2D eigenvalue weighted by atomic mass is 16.1. The van der Waals surface area contributed by atoms with Gasteiger partial charge in [-0.3, -0.25) is 4.79 Å². The summed E-state index contributed by atoms with van der Waals surface area (Å²) in [6.07, 6.45) is 17.8. The Morgan fingerprint density at radius 2 is 1.47 bits per heavy atom. The summed E-state index contributed by atoms with van der Waals surface area (Å²) in [7, 11) is 0. The second kappa shape index (κ2) is 26.2. The van der Waals surface area contributed by atoms with Crippen LogP contribution in [0, 0.1) is 34.5 Å². The molecular formula is C51H94N6O. The van der Waals surface area contributed by atoms with Crippen molar-refractivity contribution in [1.82, 2.24) is 31.5 Å². The number of nitrogens with one attached hydrogen (secondary N) is 5. The molecule has 4 aliphatic rings. The molecule has 0 aromatic rings. The fraction of sp³-hybridized carbons (Fsp3) is 0.745. The molecule has 7 heteroatoms. The van der Waals surface area contributed by atoms with Crippen LogP contribution in [0.25, 0.3) is 0 Å². The molecule has 0 amide bonds. The lowest BCUT2D eigenvalue weighted by Gasteiger charge is -2.46. The number of Topliss-reactive ketones (excluding diaryl/α,β-unsaturated/α-hetero) is 1. The van der Waals surface area contributed by atoms with Crippen LogP contribution in [-0.2, 0) is 4.79 Å². The lowest BCUT2D eigenvalue weighted by molar-refractivity contribution is -0.113. The minimum absolute atomic E-state index is 0.0307. The second-order valence-electron chi connectivity index (χ2n) is 18.5. The van der Waals surface area contributed by atoms with Crippen molar-refractivity contribution in [3.63, 3.8) is 0 Å². The molecule has 1 aliphatic heterocycles. The zero-order valence-corrected chi connectivity index (χ0v) is 40.1. The van der Waals surface area contributed by atoms with Crippen molar-refractivity contribution in [3.8, 4) is 0 Å². The Hall–Kier alpha value is -3.09. The highest BCUT2D eigenvalue weighted by Gasteiger charge is 2.68. The number of rotatable bonds is 24. The standard InChI is InChI=1S/C40H71N5.C7H11NO.2C2H6/c1-12-13-18-29(5)42-30(6)37-36-34(39(36,9)10)26-45(37)31(7)38(40(11)23-16-14-15-17-24-40)44-32(8)43-35(27(2)3)22-19-28(4)41-25-33-20-21-33;1-4-5-8-6(2)7(3)9;2*1-2/h27,29,33-38,41-44H,4,6-8,12-26H2,1-3,5,9-11H3;4,8H,1-2,5H2,3H3;2*1-2H3/t29?,34-,35?,36-,37?,38?;;;/m0.../s1. The van der Waals surface area contributed by atoms with Gasteiger partial charge in [-0.05, 0) is 86.4 Å². The summed E-state index contributed by atoms with van der Waals surface area (Å²) in [4.78, 5) is 13.1. The average molecular weight is 807 g/mol. The zero-order chi connectivity index (χ0) is 44.2. The van der Waals surface area contributed by atoms with Crippen LogP contribution in [0.3, 0.4) is 0 Å². The maximum atomic E-state index is 10.5. The van der Waals surface area contributed by atoms with E-state index in [1.807, 2.05) is 27.7 Å². The van der Waals surface area contributed by atoms with Crippen LogP contribution < -0.4 is 26.6 Å². The normalized spacial score (nSPS) is 22.4. The first-order valence-corrected chi connectivity index (χ1v) is 23.6. The number of carbonyl (C=O) groups is 1. The summed E-state index contributed by atoms with van der Waals surface area (Å²) < 4.78 is 0. The lowest BCUT2D eigenvalue weighted by Crippen LogP contribution is -2.53. The van der Waals surface area contributed by atoms with Crippen LogP contribution in [0.1, 0.15) is 167 Å². The summed E-state index contributed by atoms with van der Waals surface area (Å²) in [6, 6.07) is 1.20. The van der Waals surface area contributed by atoms with Crippen LogP contribution >= 0.6 is 0 Å². The Balaban J connectivity index is 0.00000113. The number of piperidine rings is 1. The first-order chi connectivity index (χ1) is 27.5. The fourth-order valence-electron chi connectivity index (χ4n) is 8.98.